The minimum atomic E-state index is -0.833. The maximum Gasteiger partial charge on any atom is 0.318 e. The lowest BCUT2D eigenvalue weighted by atomic mass is 10.2. The average Bonchev–Trinajstić information content (AvgIpc) is 2.10. The maximum atomic E-state index is 10.8. The van der Waals surface area contributed by atoms with Crippen molar-refractivity contribution in [2.45, 2.75) is 25.7 Å². The van der Waals surface area contributed by atoms with Gasteiger partial charge in [-0.25, -0.2) is 14.6 Å². The van der Waals surface area contributed by atoms with E-state index < -0.39 is 6.03 Å². The van der Waals surface area contributed by atoms with Gasteiger partial charge in [0.2, 0.25) is 12.0 Å². The third-order valence-electron chi connectivity index (χ3n) is 1.50. The van der Waals surface area contributed by atoms with Gasteiger partial charge in [-0.05, 0) is 12.8 Å². The van der Waals surface area contributed by atoms with E-state index in [2.05, 4.69) is 4.99 Å². The van der Waals surface area contributed by atoms with Crippen molar-refractivity contribution >= 4 is 18.0 Å². The van der Waals surface area contributed by atoms with E-state index in [0.29, 0.717) is 13.0 Å². The van der Waals surface area contributed by atoms with Crippen LogP contribution >= 0.6 is 0 Å². The van der Waals surface area contributed by atoms with Crippen molar-refractivity contribution in [1.82, 2.24) is 5.32 Å². The Labute approximate surface area is 81.6 Å². The monoisotopic (exact) mass is 199 g/mol. The Hall–Kier alpha value is -1.68. The topological polar surface area (TPSA) is 102 Å². The minimum Gasteiger partial charge on any atom is -0.351 e. The number of rotatable bonds is 6. The number of aliphatic imine (C=N–C) groups is 1. The highest BCUT2D eigenvalue weighted by atomic mass is 16.2. The molecule has 14 heavy (non-hydrogen) atoms. The van der Waals surface area contributed by atoms with Crippen LogP contribution in [0.3, 0.4) is 0 Å². The fourth-order valence-electron chi connectivity index (χ4n) is 0.899. The van der Waals surface area contributed by atoms with Crippen LogP contribution in [0.25, 0.3) is 0 Å². The van der Waals surface area contributed by atoms with E-state index in [1.807, 2.05) is 5.32 Å². The molecule has 0 rings (SSSR count). The van der Waals surface area contributed by atoms with E-state index in [1.54, 1.807) is 0 Å². The molecule has 3 N–H and O–H groups in total. The number of amides is 3. The fraction of sp³-hybridized carbons (Fsp3) is 0.625. The van der Waals surface area contributed by atoms with E-state index in [-0.39, 0.29) is 12.3 Å². The number of hydrogen-bond donors (Lipinski definition) is 2. The lowest BCUT2D eigenvalue weighted by Gasteiger charge is -1.99. The van der Waals surface area contributed by atoms with Gasteiger partial charge >= 0.3 is 6.03 Å². The van der Waals surface area contributed by atoms with E-state index in [4.69, 9.17) is 5.73 Å². The van der Waals surface area contributed by atoms with Gasteiger partial charge in [0.05, 0.1) is 6.54 Å². The molecule has 0 aromatic heterocycles. The molecule has 0 saturated carbocycles. The molecule has 0 aromatic carbocycles. The molecule has 0 aliphatic carbocycles. The van der Waals surface area contributed by atoms with Crippen molar-refractivity contribution in [2.24, 2.45) is 10.7 Å². The molecule has 0 heterocycles. The van der Waals surface area contributed by atoms with Gasteiger partial charge in [-0.1, -0.05) is 6.42 Å². The molecule has 0 fully saturated rings. The third-order valence-corrected chi connectivity index (χ3v) is 1.50. The Morgan fingerprint density at radius 2 is 2.00 bits per heavy atom. The Balaban J connectivity index is 3.31. The molecule has 0 saturated heterocycles. The highest BCUT2D eigenvalue weighted by molar-refractivity contribution is 5.93. The molecule has 0 aliphatic rings. The third kappa shape index (κ3) is 8.42. The van der Waals surface area contributed by atoms with Crippen LogP contribution in [0.1, 0.15) is 25.7 Å². The summed E-state index contributed by atoms with van der Waals surface area (Å²) < 4.78 is 0. The van der Waals surface area contributed by atoms with Crippen molar-refractivity contribution in [1.29, 1.82) is 0 Å². The van der Waals surface area contributed by atoms with Crippen molar-refractivity contribution in [3.05, 3.63) is 0 Å². The zero-order valence-electron chi connectivity index (χ0n) is 7.78. The number of nitrogens with one attached hydrogen (secondary N) is 1. The second-order valence-corrected chi connectivity index (χ2v) is 2.70. The number of unbranched alkanes of at least 4 members (excludes halogenated alkanes) is 2. The van der Waals surface area contributed by atoms with E-state index in [9.17, 15) is 14.4 Å². The number of carbonyl (C=O) groups excluding carboxylic acids is 3. The van der Waals surface area contributed by atoms with Crippen molar-refractivity contribution in [3.8, 4) is 0 Å². The van der Waals surface area contributed by atoms with Gasteiger partial charge in [0.1, 0.15) is 0 Å². The predicted molar refractivity (Wildman–Crippen MR) is 49.2 cm³/mol. The molecule has 0 spiro atoms. The van der Waals surface area contributed by atoms with Crippen LogP contribution in [0, 0.1) is 0 Å². The van der Waals surface area contributed by atoms with Gasteiger partial charge in [0.25, 0.3) is 0 Å². The quantitative estimate of drug-likeness (QED) is 0.359. The van der Waals surface area contributed by atoms with Gasteiger partial charge < -0.3 is 5.73 Å². The van der Waals surface area contributed by atoms with Crippen molar-refractivity contribution in [2.75, 3.05) is 6.54 Å². The highest BCUT2D eigenvalue weighted by Crippen LogP contribution is 1.99. The summed E-state index contributed by atoms with van der Waals surface area (Å²) in [5.74, 6) is -0.378. The van der Waals surface area contributed by atoms with Crippen molar-refractivity contribution < 1.29 is 14.4 Å². The normalized spacial score (nSPS) is 8.86. The first-order valence-electron chi connectivity index (χ1n) is 4.29. The molecule has 78 valence electrons. The van der Waals surface area contributed by atoms with Crippen LogP contribution in [-0.4, -0.2) is 24.6 Å². The lowest BCUT2D eigenvalue weighted by Crippen LogP contribution is -2.34. The second-order valence-electron chi connectivity index (χ2n) is 2.70. The van der Waals surface area contributed by atoms with E-state index in [0.717, 1.165) is 12.8 Å². The average molecular weight is 199 g/mol. The van der Waals surface area contributed by atoms with Gasteiger partial charge in [-0.15, -0.1) is 0 Å². The largest absolute Gasteiger partial charge is 0.351 e. The predicted octanol–water partition coefficient (Wildman–Crippen LogP) is 0.0775. The zero-order chi connectivity index (χ0) is 10.8. The Morgan fingerprint density at radius 3 is 2.57 bits per heavy atom. The molecule has 6 heteroatoms. The first-order valence-corrected chi connectivity index (χ1v) is 4.29. The summed E-state index contributed by atoms with van der Waals surface area (Å²) in [4.78, 5) is 34.1. The van der Waals surface area contributed by atoms with Crippen molar-refractivity contribution in [3.63, 3.8) is 0 Å². The van der Waals surface area contributed by atoms with Crippen LogP contribution in [0.5, 0.6) is 0 Å². The molecule has 6 nitrogen and oxygen atoms in total. The molecule has 0 radical (unpaired) electrons. The fourth-order valence-corrected chi connectivity index (χ4v) is 0.899. The summed E-state index contributed by atoms with van der Waals surface area (Å²) in [6, 6.07) is -0.833. The Morgan fingerprint density at radius 1 is 1.29 bits per heavy atom. The molecular formula is C8H13N3O3. The number of primary amides is 1. The van der Waals surface area contributed by atoms with E-state index in [1.165, 1.54) is 6.08 Å². The number of carbonyl (C=O) groups is 2. The molecule has 0 aliphatic heterocycles. The number of isocyanates is 1. The van der Waals surface area contributed by atoms with Gasteiger partial charge in [0, 0.05) is 6.42 Å². The van der Waals surface area contributed by atoms with Crippen LogP contribution in [0.2, 0.25) is 0 Å². The molecular weight excluding hydrogens is 186 g/mol. The summed E-state index contributed by atoms with van der Waals surface area (Å²) >= 11 is 0. The molecule has 3 amide bonds. The summed E-state index contributed by atoms with van der Waals surface area (Å²) in [5, 5.41) is 1.96. The number of hydrogen-bond acceptors (Lipinski definition) is 4. The molecule has 0 aromatic rings. The Bertz CT molecular complexity index is 246. The Kier molecular flexibility index (Phi) is 6.99. The summed E-state index contributed by atoms with van der Waals surface area (Å²) in [6.45, 7) is 0.431. The number of urea groups is 1. The van der Waals surface area contributed by atoms with Gasteiger partial charge in [0.15, 0.2) is 0 Å². The van der Waals surface area contributed by atoms with Crippen LogP contribution in [-0.2, 0) is 9.59 Å². The molecule has 0 unspecified atom stereocenters. The number of nitrogens with two attached hydrogens (primary N) is 1. The first kappa shape index (κ1) is 12.3. The summed E-state index contributed by atoms with van der Waals surface area (Å²) in [7, 11) is 0. The lowest BCUT2D eigenvalue weighted by molar-refractivity contribution is -0.120. The molecule has 0 bridgehead atoms. The van der Waals surface area contributed by atoms with Crippen LogP contribution < -0.4 is 11.1 Å². The van der Waals surface area contributed by atoms with E-state index >= 15 is 0 Å². The first-order chi connectivity index (χ1) is 6.66. The maximum absolute atomic E-state index is 10.8. The summed E-state index contributed by atoms with van der Waals surface area (Å²) in [5.41, 5.74) is 4.73. The zero-order valence-corrected chi connectivity index (χ0v) is 7.78. The van der Waals surface area contributed by atoms with Crippen LogP contribution in [0.15, 0.2) is 4.99 Å². The molecule has 0 atom stereocenters. The number of nitrogens with zero attached hydrogens (tertiary/aromatic N) is 1. The van der Waals surface area contributed by atoms with Crippen LogP contribution in [0.4, 0.5) is 4.79 Å². The summed E-state index contributed by atoms with van der Waals surface area (Å²) in [6.07, 6.45) is 3.84. The minimum absolute atomic E-state index is 0.258. The standard InChI is InChI=1S/C8H13N3O3/c9-8(14)11-7(13)4-2-1-3-5-10-6-12/h1-5H2,(H3,9,11,13,14). The number of imide groups is 1. The smallest absolute Gasteiger partial charge is 0.318 e. The SMILES string of the molecule is NC(=O)NC(=O)CCCCCN=C=O. The van der Waals surface area contributed by atoms with Gasteiger partial charge in [-0.2, -0.15) is 0 Å². The van der Waals surface area contributed by atoms with Gasteiger partial charge in [-0.3, -0.25) is 10.1 Å². The second kappa shape index (κ2) is 7.94. The highest BCUT2D eigenvalue weighted by Gasteiger charge is 2.02.